The molecule has 0 atom stereocenters. The Hall–Kier alpha value is -1.12. The number of Topliss-reactive ketones (excluding diaryl/α,β-unsaturated/α-hetero) is 1. The minimum Gasteiger partial charge on any atom is -0.323 e. The van der Waals surface area contributed by atoms with Crippen molar-refractivity contribution in [2.45, 2.75) is 39.2 Å². The van der Waals surface area contributed by atoms with Gasteiger partial charge in [0.05, 0.1) is 6.20 Å². The zero-order valence-corrected chi connectivity index (χ0v) is 8.08. The van der Waals surface area contributed by atoms with Crippen LogP contribution in [-0.2, 0) is 0 Å². The van der Waals surface area contributed by atoms with Gasteiger partial charge in [-0.1, -0.05) is 0 Å². The van der Waals surface area contributed by atoms with Gasteiger partial charge in [-0.05, 0) is 26.2 Å². The molecule has 1 saturated carbocycles. The van der Waals surface area contributed by atoms with Gasteiger partial charge < -0.3 is 4.57 Å². The Labute approximate surface area is 77.8 Å². The molecule has 1 fully saturated rings. The molecule has 2 rings (SSSR count). The van der Waals surface area contributed by atoms with E-state index < -0.39 is 0 Å². The van der Waals surface area contributed by atoms with Gasteiger partial charge in [-0.25, -0.2) is 4.98 Å². The fraction of sp³-hybridized carbons (Fsp3) is 0.600. The molecule has 0 unspecified atom stereocenters. The van der Waals surface area contributed by atoms with E-state index in [1.807, 2.05) is 6.92 Å². The smallest absolute Gasteiger partial charge is 0.177 e. The van der Waals surface area contributed by atoms with Gasteiger partial charge in [-0.2, -0.15) is 0 Å². The van der Waals surface area contributed by atoms with E-state index in [1.54, 1.807) is 13.1 Å². The Morgan fingerprint density at radius 2 is 2.31 bits per heavy atom. The van der Waals surface area contributed by atoms with Crippen molar-refractivity contribution in [2.75, 3.05) is 0 Å². The van der Waals surface area contributed by atoms with Gasteiger partial charge in [0.1, 0.15) is 11.5 Å². The zero-order chi connectivity index (χ0) is 9.42. The Balaban J connectivity index is 2.39. The number of aryl methyl sites for hydroxylation is 1. The van der Waals surface area contributed by atoms with Crippen LogP contribution in [0.25, 0.3) is 0 Å². The summed E-state index contributed by atoms with van der Waals surface area (Å²) in [6.07, 6.45) is 5.35. The Morgan fingerprint density at radius 1 is 1.62 bits per heavy atom. The summed E-state index contributed by atoms with van der Waals surface area (Å²) in [5.41, 5.74) is 0.766. The van der Waals surface area contributed by atoms with E-state index in [-0.39, 0.29) is 5.78 Å². The van der Waals surface area contributed by atoms with Crippen molar-refractivity contribution >= 4 is 5.78 Å². The Kier molecular flexibility index (Phi) is 1.94. The molecule has 0 spiro atoms. The lowest BCUT2D eigenvalue weighted by molar-refractivity contribution is 0.0998. The first-order chi connectivity index (χ1) is 6.20. The first-order valence-corrected chi connectivity index (χ1v) is 4.75. The number of aromatic nitrogens is 2. The van der Waals surface area contributed by atoms with Crippen molar-refractivity contribution in [1.82, 2.24) is 9.55 Å². The second-order valence-electron chi connectivity index (χ2n) is 3.70. The number of ketones is 1. The van der Waals surface area contributed by atoms with Gasteiger partial charge in [0.15, 0.2) is 5.78 Å². The SMILES string of the molecule is CC(=O)c1cnc(C)n1C1CCC1. The maximum atomic E-state index is 11.3. The summed E-state index contributed by atoms with van der Waals surface area (Å²) < 4.78 is 2.09. The summed E-state index contributed by atoms with van der Waals surface area (Å²) in [5, 5.41) is 0. The lowest BCUT2D eigenvalue weighted by Crippen LogP contribution is -2.21. The molecule has 1 aromatic rings. The van der Waals surface area contributed by atoms with Crippen LogP contribution in [0.2, 0.25) is 0 Å². The second kappa shape index (κ2) is 2.98. The van der Waals surface area contributed by atoms with E-state index in [0.29, 0.717) is 6.04 Å². The van der Waals surface area contributed by atoms with Crippen molar-refractivity contribution in [2.24, 2.45) is 0 Å². The highest BCUT2D eigenvalue weighted by Gasteiger charge is 2.24. The third kappa shape index (κ3) is 1.28. The van der Waals surface area contributed by atoms with Crippen molar-refractivity contribution in [3.05, 3.63) is 17.7 Å². The van der Waals surface area contributed by atoms with E-state index in [0.717, 1.165) is 11.5 Å². The normalized spacial score (nSPS) is 17.1. The topological polar surface area (TPSA) is 34.9 Å². The van der Waals surface area contributed by atoms with Crippen LogP contribution in [0.15, 0.2) is 6.20 Å². The van der Waals surface area contributed by atoms with E-state index >= 15 is 0 Å². The van der Waals surface area contributed by atoms with Gasteiger partial charge in [-0.15, -0.1) is 0 Å². The highest BCUT2D eigenvalue weighted by molar-refractivity contribution is 5.92. The van der Waals surface area contributed by atoms with Crippen molar-refractivity contribution in [3.8, 4) is 0 Å². The molecular formula is C10H14N2O. The molecule has 0 bridgehead atoms. The van der Waals surface area contributed by atoms with Gasteiger partial charge in [0.25, 0.3) is 0 Å². The lowest BCUT2D eigenvalue weighted by Gasteiger charge is -2.29. The molecule has 1 aliphatic rings. The Morgan fingerprint density at radius 3 is 2.77 bits per heavy atom. The van der Waals surface area contributed by atoms with Crippen LogP contribution in [0.5, 0.6) is 0 Å². The average molecular weight is 178 g/mol. The van der Waals surface area contributed by atoms with Crippen LogP contribution in [-0.4, -0.2) is 15.3 Å². The summed E-state index contributed by atoms with van der Waals surface area (Å²) in [6, 6.07) is 0.529. The minimum atomic E-state index is 0.118. The van der Waals surface area contributed by atoms with Crippen molar-refractivity contribution in [1.29, 1.82) is 0 Å². The predicted octanol–water partition coefficient (Wildman–Crippen LogP) is 2.12. The van der Waals surface area contributed by atoms with E-state index in [2.05, 4.69) is 9.55 Å². The van der Waals surface area contributed by atoms with E-state index in [4.69, 9.17) is 0 Å². The standard InChI is InChI=1S/C10H14N2O/c1-7(13)10-6-11-8(2)12(10)9-4-3-5-9/h6,9H,3-5H2,1-2H3. The third-order valence-corrected chi connectivity index (χ3v) is 2.78. The van der Waals surface area contributed by atoms with Crippen LogP contribution in [0, 0.1) is 6.92 Å². The monoisotopic (exact) mass is 178 g/mol. The minimum absolute atomic E-state index is 0.118. The number of rotatable bonds is 2. The molecule has 13 heavy (non-hydrogen) atoms. The maximum absolute atomic E-state index is 11.3. The lowest BCUT2D eigenvalue weighted by atomic mass is 9.92. The van der Waals surface area contributed by atoms with Crippen LogP contribution in [0.3, 0.4) is 0 Å². The molecule has 1 aromatic heterocycles. The summed E-state index contributed by atoms with van der Waals surface area (Å²) in [5.74, 6) is 1.09. The summed E-state index contributed by atoms with van der Waals surface area (Å²) in [6.45, 7) is 3.57. The molecule has 70 valence electrons. The first kappa shape index (κ1) is 8.48. The fourth-order valence-corrected chi connectivity index (χ4v) is 1.82. The molecule has 3 nitrogen and oxygen atoms in total. The van der Waals surface area contributed by atoms with Crippen molar-refractivity contribution < 1.29 is 4.79 Å². The largest absolute Gasteiger partial charge is 0.323 e. The molecule has 0 aliphatic heterocycles. The number of nitrogens with zero attached hydrogens (tertiary/aromatic N) is 2. The summed E-state index contributed by atoms with van der Waals surface area (Å²) >= 11 is 0. The average Bonchev–Trinajstić information content (AvgIpc) is 2.30. The number of carbonyl (C=O) groups is 1. The van der Waals surface area contributed by atoms with Gasteiger partial charge in [0, 0.05) is 13.0 Å². The molecule has 3 heteroatoms. The number of hydrogen-bond donors (Lipinski definition) is 0. The summed E-state index contributed by atoms with van der Waals surface area (Å²) in [7, 11) is 0. The third-order valence-electron chi connectivity index (χ3n) is 2.78. The molecule has 1 aliphatic carbocycles. The highest BCUT2D eigenvalue weighted by Crippen LogP contribution is 2.33. The van der Waals surface area contributed by atoms with Crippen molar-refractivity contribution in [3.63, 3.8) is 0 Å². The molecular weight excluding hydrogens is 164 g/mol. The predicted molar refractivity (Wildman–Crippen MR) is 49.9 cm³/mol. The quantitative estimate of drug-likeness (QED) is 0.650. The van der Waals surface area contributed by atoms with Gasteiger partial charge in [-0.3, -0.25) is 4.79 Å². The molecule has 0 aromatic carbocycles. The van der Waals surface area contributed by atoms with Crippen LogP contribution < -0.4 is 0 Å². The van der Waals surface area contributed by atoms with Crippen LogP contribution in [0.1, 0.15) is 48.5 Å². The molecule has 0 saturated heterocycles. The molecule has 0 radical (unpaired) electrons. The van der Waals surface area contributed by atoms with E-state index in [9.17, 15) is 4.79 Å². The molecule has 0 amide bonds. The number of hydrogen-bond acceptors (Lipinski definition) is 2. The van der Waals surface area contributed by atoms with Gasteiger partial charge >= 0.3 is 0 Å². The maximum Gasteiger partial charge on any atom is 0.177 e. The van der Waals surface area contributed by atoms with E-state index in [1.165, 1.54) is 19.3 Å². The van der Waals surface area contributed by atoms with Gasteiger partial charge in [0.2, 0.25) is 0 Å². The van der Waals surface area contributed by atoms with Crippen LogP contribution in [0.4, 0.5) is 0 Å². The van der Waals surface area contributed by atoms with Crippen LogP contribution >= 0.6 is 0 Å². The Bertz CT molecular complexity index is 337. The molecule has 0 N–H and O–H groups in total. The highest BCUT2D eigenvalue weighted by atomic mass is 16.1. The number of carbonyl (C=O) groups excluding carboxylic acids is 1. The number of imidazole rings is 1. The summed E-state index contributed by atoms with van der Waals surface area (Å²) in [4.78, 5) is 15.4. The second-order valence-corrected chi connectivity index (χ2v) is 3.70. The fourth-order valence-electron chi connectivity index (χ4n) is 1.82. The zero-order valence-electron chi connectivity index (χ0n) is 8.08. The first-order valence-electron chi connectivity index (χ1n) is 4.75. The molecule has 1 heterocycles.